The summed E-state index contributed by atoms with van der Waals surface area (Å²) in [5.74, 6) is 0.329. The van der Waals surface area contributed by atoms with Gasteiger partial charge in [-0.05, 0) is 37.3 Å². The summed E-state index contributed by atoms with van der Waals surface area (Å²) >= 11 is 0. The van der Waals surface area contributed by atoms with Gasteiger partial charge in [-0.25, -0.2) is 0 Å². The zero-order valence-corrected chi connectivity index (χ0v) is 13.2. The quantitative estimate of drug-likeness (QED) is 0.728. The minimum atomic E-state index is -0.178. The molecule has 0 spiro atoms. The summed E-state index contributed by atoms with van der Waals surface area (Å²) in [5.41, 5.74) is 2.34. The van der Waals surface area contributed by atoms with Crippen molar-refractivity contribution in [3.63, 3.8) is 0 Å². The molecule has 108 valence electrons. The smallest absolute Gasteiger partial charge is 0.313 e. The lowest BCUT2D eigenvalue weighted by Gasteiger charge is -2.12. The van der Waals surface area contributed by atoms with Gasteiger partial charge in [0.25, 0.3) is 0 Å². The van der Waals surface area contributed by atoms with Crippen molar-refractivity contribution in [2.75, 3.05) is 6.61 Å². The molecule has 0 aliphatic heterocycles. The predicted molar refractivity (Wildman–Crippen MR) is 81.4 cm³/mol. The Morgan fingerprint density at radius 1 is 1.11 bits per heavy atom. The molecule has 1 rings (SSSR count). The zero-order valence-electron chi connectivity index (χ0n) is 13.2. The molecule has 0 bridgehead atoms. The van der Waals surface area contributed by atoms with Crippen molar-refractivity contribution in [1.29, 1.82) is 0 Å². The summed E-state index contributed by atoms with van der Waals surface area (Å²) in [6.45, 7) is 12.6. The lowest BCUT2D eigenvalue weighted by atomic mass is 9.97. The van der Waals surface area contributed by atoms with E-state index in [1.807, 2.05) is 39.8 Å². The molecule has 0 aliphatic carbocycles. The molecule has 0 fully saturated rings. The Kier molecular flexibility index (Phi) is 8.94. The second-order valence-corrected chi connectivity index (χ2v) is 4.81. The van der Waals surface area contributed by atoms with E-state index in [1.54, 1.807) is 0 Å². The third-order valence-corrected chi connectivity index (χ3v) is 2.76. The fourth-order valence-corrected chi connectivity index (χ4v) is 1.82. The summed E-state index contributed by atoms with van der Waals surface area (Å²) in [6.07, 6.45) is 1.08. The number of rotatable bonds is 5. The summed E-state index contributed by atoms with van der Waals surface area (Å²) in [5, 5.41) is 0. The average molecular weight is 264 g/mol. The van der Waals surface area contributed by atoms with E-state index in [4.69, 9.17) is 4.74 Å². The number of esters is 1. The molecule has 0 aliphatic rings. The van der Waals surface area contributed by atoms with Crippen LogP contribution in [0.1, 0.15) is 58.6 Å². The molecule has 0 amide bonds. The van der Waals surface area contributed by atoms with Gasteiger partial charge in [0.15, 0.2) is 0 Å². The Morgan fingerprint density at radius 2 is 1.63 bits per heavy atom. The molecular weight excluding hydrogens is 236 g/mol. The maximum absolute atomic E-state index is 11.6. The minimum Gasteiger partial charge on any atom is -0.466 e. The van der Waals surface area contributed by atoms with Gasteiger partial charge in [-0.2, -0.15) is 0 Å². The molecule has 1 aromatic rings. The van der Waals surface area contributed by atoms with E-state index < -0.39 is 0 Å². The van der Waals surface area contributed by atoms with E-state index in [0.29, 0.717) is 12.5 Å². The standard InChI is InChI=1S/C15H22O2.C2H6/c1-5-17-15(16)12(4)14-8-6-13(7-9-14)10-11(2)3;1-2/h6-9,11-12H,5,10H2,1-4H3;1-2H3. The molecule has 0 aromatic heterocycles. The molecular formula is C17H28O2. The number of ether oxygens (including phenoxy) is 1. The second-order valence-electron chi connectivity index (χ2n) is 4.81. The molecule has 0 radical (unpaired) electrons. The number of benzene rings is 1. The van der Waals surface area contributed by atoms with Crippen molar-refractivity contribution >= 4 is 5.97 Å². The molecule has 19 heavy (non-hydrogen) atoms. The van der Waals surface area contributed by atoms with Crippen LogP contribution in [-0.4, -0.2) is 12.6 Å². The average Bonchev–Trinajstić information content (AvgIpc) is 2.41. The van der Waals surface area contributed by atoms with Gasteiger partial charge >= 0.3 is 5.97 Å². The first-order valence-electron chi connectivity index (χ1n) is 7.30. The van der Waals surface area contributed by atoms with Crippen molar-refractivity contribution in [3.8, 4) is 0 Å². The van der Waals surface area contributed by atoms with Gasteiger partial charge in [-0.1, -0.05) is 52.0 Å². The fraction of sp³-hybridized carbons (Fsp3) is 0.588. The van der Waals surface area contributed by atoms with Crippen molar-refractivity contribution < 1.29 is 9.53 Å². The van der Waals surface area contributed by atoms with Gasteiger partial charge in [0, 0.05) is 0 Å². The Bertz CT molecular complexity index is 352. The highest BCUT2D eigenvalue weighted by atomic mass is 16.5. The van der Waals surface area contributed by atoms with Gasteiger partial charge in [0.2, 0.25) is 0 Å². The Balaban J connectivity index is 0.00000154. The van der Waals surface area contributed by atoms with Gasteiger partial charge in [-0.3, -0.25) is 4.79 Å². The van der Waals surface area contributed by atoms with E-state index in [0.717, 1.165) is 12.0 Å². The normalized spacial score (nSPS) is 11.5. The first-order valence-corrected chi connectivity index (χ1v) is 7.30. The van der Waals surface area contributed by atoms with Gasteiger partial charge in [0.05, 0.1) is 12.5 Å². The minimum absolute atomic E-state index is 0.149. The van der Waals surface area contributed by atoms with Gasteiger partial charge in [-0.15, -0.1) is 0 Å². The highest BCUT2D eigenvalue weighted by Gasteiger charge is 2.15. The van der Waals surface area contributed by atoms with Crippen molar-refractivity contribution in [2.24, 2.45) is 5.92 Å². The van der Waals surface area contributed by atoms with E-state index in [-0.39, 0.29) is 11.9 Å². The number of hydrogen-bond acceptors (Lipinski definition) is 2. The van der Waals surface area contributed by atoms with Crippen LogP contribution in [0.2, 0.25) is 0 Å². The Labute approximate surface area is 118 Å². The Morgan fingerprint density at radius 3 is 2.05 bits per heavy atom. The van der Waals surface area contributed by atoms with E-state index in [9.17, 15) is 4.79 Å². The molecule has 1 atom stereocenters. The molecule has 0 saturated heterocycles. The lowest BCUT2D eigenvalue weighted by molar-refractivity contribution is -0.144. The van der Waals surface area contributed by atoms with Gasteiger partial charge in [0.1, 0.15) is 0 Å². The largest absolute Gasteiger partial charge is 0.466 e. The van der Waals surface area contributed by atoms with Crippen LogP contribution in [0.5, 0.6) is 0 Å². The third kappa shape index (κ3) is 6.42. The monoisotopic (exact) mass is 264 g/mol. The van der Waals surface area contributed by atoms with Crippen LogP contribution < -0.4 is 0 Å². The number of hydrogen-bond donors (Lipinski definition) is 0. The van der Waals surface area contributed by atoms with E-state index >= 15 is 0 Å². The topological polar surface area (TPSA) is 26.3 Å². The maximum Gasteiger partial charge on any atom is 0.313 e. The lowest BCUT2D eigenvalue weighted by Crippen LogP contribution is -2.12. The van der Waals surface area contributed by atoms with Crippen LogP contribution in [0.15, 0.2) is 24.3 Å². The summed E-state index contributed by atoms with van der Waals surface area (Å²) in [4.78, 5) is 11.6. The molecule has 0 N–H and O–H groups in total. The first kappa shape index (κ1) is 17.7. The van der Waals surface area contributed by atoms with Crippen molar-refractivity contribution in [2.45, 2.75) is 53.9 Å². The second kappa shape index (κ2) is 9.60. The molecule has 1 unspecified atom stereocenters. The molecule has 1 aromatic carbocycles. The summed E-state index contributed by atoms with van der Waals surface area (Å²) < 4.78 is 5.01. The van der Waals surface area contributed by atoms with Crippen LogP contribution >= 0.6 is 0 Å². The first-order chi connectivity index (χ1) is 9.04. The van der Waals surface area contributed by atoms with Crippen LogP contribution in [0.25, 0.3) is 0 Å². The van der Waals surface area contributed by atoms with Gasteiger partial charge < -0.3 is 4.74 Å². The molecule has 0 heterocycles. The number of carbonyl (C=O) groups is 1. The molecule has 2 nitrogen and oxygen atoms in total. The van der Waals surface area contributed by atoms with E-state index in [2.05, 4.69) is 26.0 Å². The SMILES string of the molecule is CC.CCOC(=O)C(C)c1ccc(CC(C)C)cc1. The summed E-state index contributed by atoms with van der Waals surface area (Å²) in [7, 11) is 0. The molecule has 2 heteroatoms. The molecule has 0 saturated carbocycles. The highest BCUT2D eigenvalue weighted by molar-refractivity contribution is 5.77. The van der Waals surface area contributed by atoms with E-state index in [1.165, 1.54) is 5.56 Å². The summed E-state index contributed by atoms with van der Waals surface area (Å²) in [6, 6.07) is 8.26. The highest BCUT2D eigenvalue weighted by Crippen LogP contribution is 2.18. The van der Waals surface area contributed by atoms with Crippen LogP contribution in [0.3, 0.4) is 0 Å². The zero-order chi connectivity index (χ0) is 14.8. The number of carbonyl (C=O) groups excluding carboxylic acids is 1. The Hall–Kier alpha value is -1.31. The maximum atomic E-state index is 11.6. The third-order valence-electron chi connectivity index (χ3n) is 2.76. The predicted octanol–water partition coefficient (Wildman–Crippen LogP) is 4.58. The fourth-order valence-electron chi connectivity index (χ4n) is 1.82. The van der Waals surface area contributed by atoms with Crippen LogP contribution in [0.4, 0.5) is 0 Å². The van der Waals surface area contributed by atoms with Crippen molar-refractivity contribution in [3.05, 3.63) is 35.4 Å². The van der Waals surface area contributed by atoms with Crippen molar-refractivity contribution in [1.82, 2.24) is 0 Å². The van der Waals surface area contributed by atoms with Crippen LogP contribution in [-0.2, 0) is 16.0 Å². The van der Waals surface area contributed by atoms with Crippen LogP contribution in [0, 0.1) is 5.92 Å².